The lowest BCUT2D eigenvalue weighted by molar-refractivity contribution is -0.136. The van der Waals surface area contributed by atoms with E-state index in [1.54, 1.807) is 19.2 Å². The number of carboxylic acids is 1. The van der Waals surface area contributed by atoms with E-state index in [-0.39, 0.29) is 12.0 Å². The van der Waals surface area contributed by atoms with Gasteiger partial charge in [-0.2, -0.15) is 5.10 Å². The summed E-state index contributed by atoms with van der Waals surface area (Å²) in [6.45, 7) is 0. The number of aliphatic carboxylic acids is 1. The molecule has 0 spiro atoms. The van der Waals surface area contributed by atoms with Crippen LogP contribution in [0.5, 0.6) is 5.75 Å². The first-order valence-electron chi connectivity index (χ1n) is 5.95. The molecular formula is C14H14N2O4. The summed E-state index contributed by atoms with van der Waals surface area (Å²) in [5, 5.41) is 13.0. The molecule has 6 heteroatoms. The minimum absolute atomic E-state index is 0.191. The fourth-order valence-corrected chi connectivity index (χ4v) is 1.95. The number of carbonyl (C=O) groups is 1. The van der Waals surface area contributed by atoms with Crippen molar-refractivity contribution < 1.29 is 14.6 Å². The molecule has 0 aliphatic heterocycles. The van der Waals surface area contributed by atoms with E-state index < -0.39 is 11.5 Å². The molecular weight excluding hydrogens is 260 g/mol. The number of methoxy groups -OCH3 is 1. The third-order valence-electron chi connectivity index (χ3n) is 2.86. The van der Waals surface area contributed by atoms with Crippen LogP contribution in [0.2, 0.25) is 0 Å². The highest BCUT2D eigenvalue weighted by molar-refractivity contribution is 5.72. The zero-order valence-corrected chi connectivity index (χ0v) is 11.2. The largest absolute Gasteiger partial charge is 0.496 e. The fourth-order valence-electron chi connectivity index (χ4n) is 1.95. The van der Waals surface area contributed by atoms with Crippen LogP contribution < -0.4 is 10.3 Å². The number of hydrogen-bond donors (Lipinski definition) is 1. The number of carboxylic acid groups (broad SMARTS) is 1. The summed E-state index contributed by atoms with van der Waals surface area (Å²) in [5.74, 6) is -0.445. The summed E-state index contributed by atoms with van der Waals surface area (Å²) in [6, 6.07) is 8.72. The van der Waals surface area contributed by atoms with Gasteiger partial charge in [-0.1, -0.05) is 12.1 Å². The molecule has 1 aromatic heterocycles. The minimum Gasteiger partial charge on any atom is -0.496 e. The Morgan fingerprint density at radius 1 is 1.40 bits per heavy atom. The van der Waals surface area contributed by atoms with Crippen LogP contribution in [0.3, 0.4) is 0 Å². The molecule has 20 heavy (non-hydrogen) atoms. The number of benzene rings is 1. The molecule has 0 radical (unpaired) electrons. The Kier molecular flexibility index (Phi) is 3.84. The molecule has 2 rings (SSSR count). The van der Waals surface area contributed by atoms with Gasteiger partial charge in [-0.3, -0.25) is 9.59 Å². The van der Waals surface area contributed by atoms with Crippen molar-refractivity contribution in [3.8, 4) is 17.0 Å². The van der Waals surface area contributed by atoms with Crippen LogP contribution >= 0.6 is 0 Å². The number of para-hydroxylation sites is 1. The van der Waals surface area contributed by atoms with Crippen molar-refractivity contribution in [3.05, 3.63) is 46.2 Å². The van der Waals surface area contributed by atoms with Gasteiger partial charge in [-0.25, -0.2) is 4.68 Å². The molecule has 1 heterocycles. The highest BCUT2D eigenvalue weighted by Gasteiger charge is 2.13. The summed E-state index contributed by atoms with van der Waals surface area (Å²) >= 11 is 0. The van der Waals surface area contributed by atoms with Gasteiger partial charge < -0.3 is 9.84 Å². The minimum atomic E-state index is -1.06. The number of aryl methyl sites for hydroxylation is 1. The summed E-state index contributed by atoms with van der Waals surface area (Å²) in [7, 11) is 3.03. The Labute approximate surface area is 115 Å². The molecule has 0 atom stereocenters. The smallest absolute Gasteiger partial charge is 0.308 e. The Balaban J connectivity index is 2.60. The van der Waals surface area contributed by atoms with Crippen LogP contribution in [0.15, 0.2) is 35.1 Å². The van der Waals surface area contributed by atoms with E-state index >= 15 is 0 Å². The summed E-state index contributed by atoms with van der Waals surface area (Å²) < 4.78 is 6.39. The molecule has 0 saturated heterocycles. The molecule has 0 saturated carbocycles. The van der Waals surface area contributed by atoms with E-state index in [1.165, 1.54) is 13.1 Å². The van der Waals surface area contributed by atoms with Gasteiger partial charge in [0.1, 0.15) is 5.75 Å². The Morgan fingerprint density at radius 2 is 2.10 bits per heavy atom. The first-order chi connectivity index (χ1) is 9.52. The maximum atomic E-state index is 11.8. The second-order valence-electron chi connectivity index (χ2n) is 4.25. The SMILES string of the molecule is COc1ccccc1-c1cc(CC(=O)O)c(=O)n(C)n1. The Morgan fingerprint density at radius 3 is 2.75 bits per heavy atom. The number of rotatable bonds is 4. The highest BCUT2D eigenvalue weighted by atomic mass is 16.5. The van der Waals surface area contributed by atoms with Crippen LogP contribution in [0.1, 0.15) is 5.56 Å². The average molecular weight is 274 g/mol. The third-order valence-corrected chi connectivity index (χ3v) is 2.86. The maximum Gasteiger partial charge on any atom is 0.308 e. The van der Waals surface area contributed by atoms with Crippen molar-refractivity contribution in [2.75, 3.05) is 7.11 Å². The third kappa shape index (κ3) is 2.69. The van der Waals surface area contributed by atoms with E-state index in [0.717, 1.165) is 4.68 Å². The zero-order chi connectivity index (χ0) is 14.7. The first kappa shape index (κ1) is 13.8. The predicted molar refractivity (Wildman–Crippen MR) is 72.8 cm³/mol. The Bertz CT molecular complexity index is 707. The highest BCUT2D eigenvalue weighted by Crippen LogP contribution is 2.27. The van der Waals surface area contributed by atoms with Gasteiger partial charge >= 0.3 is 5.97 Å². The number of hydrogen-bond acceptors (Lipinski definition) is 4. The molecule has 1 aromatic carbocycles. The van der Waals surface area contributed by atoms with Crippen molar-refractivity contribution in [1.82, 2.24) is 9.78 Å². The molecule has 0 fully saturated rings. The van der Waals surface area contributed by atoms with Crippen molar-refractivity contribution in [2.45, 2.75) is 6.42 Å². The van der Waals surface area contributed by atoms with Gasteiger partial charge in [0.15, 0.2) is 0 Å². The van der Waals surface area contributed by atoms with Gasteiger partial charge in [0.2, 0.25) is 0 Å². The van der Waals surface area contributed by atoms with E-state index in [4.69, 9.17) is 9.84 Å². The molecule has 6 nitrogen and oxygen atoms in total. The lowest BCUT2D eigenvalue weighted by atomic mass is 10.1. The second kappa shape index (κ2) is 5.56. The molecule has 0 unspecified atom stereocenters. The number of ether oxygens (including phenoxy) is 1. The molecule has 0 amide bonds. The monoisotopic (exact) mass is 274 g/mol. The molecule has 2 aromatic rings. The van der Waals surface area contributed by atoms with Crippen molar-refractivity contribution in [2.24, 2.45) is 7.05 Å². The number of aromatic nitrogens is 2. The van der Waals surface area contributed by atoms with Crippen molar-refractivity contribution in [1.29, 1.82) is 0 Å². The first-order valence-corrected chi connectivity index (χ1v) is 5.95. The topological polar surface area (TPSA) is 81.4 Å². The molecule has 0 bridgehead atoms. The van der Waals surface area contributed by atoms with Crippen LogP contribution in [0, 0.1) is 0 Å². The van der Waals surface area contributed by atoms with E-state index in [1.807, 2.05) is 12.1 Å². The van der Waals surface area contributed by atoms with E-state index in [9.17, 15) is 9.59 Å². The van der Waals surface area contributed by atoms with Gasteiger partial charge in [0.05, 0.1) is 19.2 Å². The number of nitrogens with zero attached hydrogens (tertiary/aromatic N) is 2. The second-order valence-corrected chi connectivity index (χ2v) is 4.25. The van der Waals surface area contributed by atoms with Gasteiger partial charge in [0.25, 0.3) is 5.56 Å². The average Bonchev–Trinajstić information content (AvgIpc) is 2.43. The summed E-state index contributed by atoms with van der Waals surface area (Å²) in [6.07, 6.45) is -0.336. The summed E-state index contributed by atoms with van der Waals surface area (Å²) in [4.78, 5) is 22.7. The molecule has 0 aliphatic carbocycles. The normalized spacial score (nSPS) is 10.3. The lowest BCUT2D eigenvalue weighted by Gasteiger charge is -2.10. The van der Waals surface area contributed by atoms with Gasteiger partial charge in [0, 0.05) is 18.2 Å². The molecule has 0 aliphatic rings. The zero-order valence-electron chi connectivity index (χ0n) is 11.2. The van der Waals surface area contributed by atoms with Crippen LogP contribution in [0.4, 0.5) is 0 Å². The van der Waals surface area contributed by atoms with E-state index in [2.05, 4.69) is 5.10 Å². The van der Waals surface area contributed by atoms with Gasteiger partial charge in [-0.05, 0) is 18.2 Å². The molecule has 104 valence electrons. The fraction of sp³-hybridized carbons (Fsp3) is 0.214. The van der Waals surface area contributed by atoms with Crippen LogP contribution in [-0.4, -0.2) is 28.0 Å². The van der Waals surface area contributed by atoms with Crippen LogP contribution in [-0.2, 0) is 18.3 Å². The standard InChI is InChI=1S/C14H14N2O4/c1-16-14(19)9(8-13(17)18)7-11(15-16)10-5-3-4-6-12(10)20-2/h3-7H,8H2,1-2H3,(H,17,18). The maximum absolute atomic E-state index is 11.8. The van der Waals surface area contributed by atoms with Gasteiger partial charge in [-0.15, -0.1) is 0 Å². The van der Waals surface area contributed by atoms with Crippen molar-refractivity contribution in [3.63, 3.8) is 0 Å². The quantitative estimate of drug-likeness (QED) is 0.902. The van der Waals surface area contributed by atoms with Crippen molar-refractivity contribution >= 4 is 5.97 Å². The molecule has 1 N–H and O–H groups in total. The van der Waals surface area contributed by atoms with E-state index in [0.29, 0.717) is 17.0 Å². The predicted octanol–water partition coefficient (Wildman–Crippen LogP) is 1.08. The lowest BCUT2D eigenvalue weighted by Crippen LogP contribution is -2.25. The van der Waals surface area contributed by atoms with Crippen LogP contribution in [0.25, 0.3) is 11.3 Å². The Hall–Kier alpha value is -2.63. The summed E-state index contributed by atoms with van der Waals surface area (Å²) in [5.41, 5.74) is 0.986.